The van der Waals surface area contributed by atoms with Crippen LogP contribution in [0, 0.1) is 5.92 Å². The molecule has 142 valence electrons. The molecule has 2 amide bonds. The summed E-state index contributed by atoms with van der Waals surface area (Å²) in [5.41, 5.74) is 7.22. The summed E-state index contributed by atoms with van der Waals surface area (Å²) in [7, 11) is 1.57. The molecule has 1 saturated carbocycles. The zero-order valence-corrected chi connectivity index (χ0v) is 15.4. The number of hydrogen-bond donors (Lipinski definition) is 3. The van der Waals surface area contributed by atoms with Crippen LogP contribution >= 0.6 is 0 Å². The quantitative estimate of drug-likeness (QED) is 0.732. The number of hydrogen-bond acceptors (Lipinski definition) is 4. The van der Waals surface area contributed by atoms with E-state index in [4.69, 9.17) is 10.5 Å². The van der Waals surface area contributed by atoms with Gasteiger partial charge in [-0.15, -0.1) is 0 Å². The topological polar surface area (TPSA) is 93.4 Å². The summed E-state index contributed by atoms with van der Waals surface area (Å²) in [5.74, 6) is 0.525. The Bertz CT molecular complexity index is 805. The average molecular weight is 367 g/mol. The highest BCUT2D eigenvalue weighted by Crippen LogP contribution is 2.25. The van der Waals surface area contributed by atoms with Crippen LogP contribution < -0.4 is 21.1 Å². The van der Waals surface area contributed by atoms with Crippen LogP contribution in [0.25, 0.3) is 0 Å². The molecule has 6 nitrogen and oxygen atoms in total. The molecular formula is C21H25N3O3. The maximum atomic E-state index is 12.8. The van der Waals surface area contributed by atoms with Crippen molar-refractivity contribution in [2.45, 2.75) is 25.3 Å². The molecule has 0 aliphatic heterocycles. The van der Waals surface area contributed by atoms with Gasteiger partial charge in [0.15, 0.2) is 0 Å². The molecule has 0 spiro atoms. The number of benzene rings is 2. The van der Waals surface area contributed by atoms with E-state index in [0.717, 1.165) is 19.3 Å². The van der Waals surface area contributed by atoms with Crippen molar-refractivity contribution in [1.82, 2.24) is 5.32 Å². The molecule has 1 aliphatic rings. The number of carbonyl (C=O) groups excluding carboxylic acids is 2. The Morgan fingerprint density at radius 1 is 1.07 bits per heavy atom. The first kappa shape index (κ1) is 18.9. The lowest BCUT2D eigenvalue weighted by Crippen LogP contribution is -2.40. The van der Waals surface area contributed by atoms with Gasteiger partial charge in [0.05, 0.1) is 18.4 Å². The Labute approximate surface area is 159 Å². The molecule has 3 rings (SSSR count). The van der Waals surface area contributed by atoms with Gasteiger partial charge in [-0.2, -0.15) is 0 Å². The molecule has 27 heavy (non-hydrogen) atoms. The van der Waals surface area contributed by atoms with Crippen molar-refractivity contribution in [2.24, 2.45) is 11.7 Å². The van der Waals surface area contributed by atoms with Gasteiger partial charge in [0.25, 0.3) is 11.8 Å². The van der Waals surface area contributed by atoms with Crippen molar-refractivity contribution < 1.29 is 14.3 Å². The Morgan fingerprint density at radius 3 is 2.52 bits per heavy atom. The van der Waals surface area contributed by atoms with Gasteiger partial charge in [-0.25, -0.2) is 0 Å². The normalized spacial score (nSPS) is 18.7. The molecule has 6 heteroatoms. The summed E-state index contributed by atoms with van der Waals surface area (Å²) in [6.07, 6.45) is 3.05. The summed E-state index contributed by atoms with van der Waals surface area (Å²) in [6.45, 7) is 0.570. The highest BCUT2D eigenvalue weighted by Gasteiger charge is 2.28. The minimum absolute atomic E-state index is 0.0906. The molecule has 0 radical (unpaired) electrons. The maximum absolute atomic E-state index is 12.8. The fourth-order valence-electron chi connectivity index (χ4n) is 3.48. The second-order valence-electron chi connectivity index (χ2n) is 6.73. The summed E-state index contributed by atoms with van der Waals surface area (Å²) < 4.78 is 5.11. The van der Waals surface area contributed by atoms with Crippen LogP contribution in [0.5, 0.6) is 5.75 Å². The van der Waals surface area contributed by atoms with Crippen LogP contribution in [-0.2, 0) is 0 Å². The third-order valence-corrected chi connectivity index (χ3v) is 5.05. The van der Waals surface area contributed by atoms with Gasteiger partial charge in [-0.1, -0.05) is 18.6 Å². The fraction of sp³-hybridized carbons (Fsp3) is 0.333. The Morgan fingerprint density at radius 2 is 1.81 bits per heavy atom. The number of amides is 2. The predicted molar refractivity (Wildman–Crippen MR) is 105 cm³/mol. The maximum Gasteiger partial charge on any atom is 0.255 e. The molecule has 2 atom stereocenters. The van der Waals surface area contributed by atoms with E-state index in [0.29, 0.717) is 35.0 Å². The first-order valence-corrected chi connectivity index (χ1v) is 9.17. The van der Waals surface area contributed by atoms with Crippen molar-refractivity contribution in [2.75, 3.05) is 19.0 Å². The zero-order valence-electron chi connectivity index (χ0n) is 15.4. The molecule has 0 aromatic heterocycles. The Kier molecular flexibility index (Phi) is 6.08. The molecule has 2 aromatic carbocycles. The molecule has 2 aromatic rings. The number of nitrogens with one attached hydrogen (secondary N) is 2. The standard InChI is InChI=1S/C21H25N3O3/c1-27-16-11-9-14(10-12-16)20(25)24-19-7-3-2-6-17(19)21(26)23-18-8-4-5-15(18)13-22/h2-3,6-7,9-12,15,18H,4-5,8,13,22H2,1H3,(H,23,26)(H,24,25). The van der Waals surface area contributed by atoms with Gasteiger partial charge < -0.3 is 21.1 Å². The monoisotopic (exact) mass is 367 g/mol. The molecule has 0 saturated heterocycles. The van der Waals surface area contributed by atoms with Gasteiger partial charge in [0.1, 0.15) is 5.75 Å². The first-order chi connectivity index (χ1) is 13.1. The van der Waals surface area contributed by atoms with Crippen molar-refractivity contribution in [3.63, 3.8) is 0 Å². The van der Waals surface area contributed by atoms with E-state index in [1.54, 1.807) is 55.6 Å². The van der Waals surface area contributed by atoms with E-state index in [-0.39, 0.29) is 17.9 Å². The highest BCUT2D eigenvalue weighted by molar-refractivity contribution is 6.09. The van der Waals surface area contributed by atoms with Gasteiger partial charge in [0.2, 0.25) is 0 Å². The number of methoxy groups -OCH3 is 1. The van der Waals surface area contributed by atoms with Crippen LogP contribution in [0.2, 0.25) is 0 Å². The molecule has 0 bridgehead atoms. The van der Waals surface area contributed by atoms with Gasteiger partial charge in [0, 0.05) is 11.6 Å². The molecular weight excluding hydrogens is 342 g/mol. The lowest BCUT2D eigenvalue weighted by atomic mass is 10.0. The van der Waals surface area contributed by atoms with Crippen molar-refractivity contribution in [3.05, 3.63) is 59.7 Å². The van der Waals surface area contributed by atoms with Gasteiger partial charge >= 0.3 is 0 Å². The third kappa shape index (κ3) is 4.46. The summed E-state index contributed by atoms with van der Waals surface area (Å²) in [5, 5.41) is 5.91. The van der Waals surface area contributed by atoms with Gasteiger partial charge in [-0.05, 0) is 61.7 Å². The second kappa shape index (κ2) is 8.68. The number of nitrogens with two attached hydrogens (primary N) is 1. The van der Waals surface area contributed by atoms with Crippen LogP contribution in [0.3, 0.4) is 0 Å². The number of rotatable bonds is 6. The summed E-state index contributed by atoms with van der Waals surface area (Å²) in [6, 6.07) is 13.9. The number of ether oxygens (including phenoxy) is 1. The highest BCUT2D eigenvalue weighted by atomic mass is 16.5. The molecule has 1 aliphatic carbocycles. The lowest BCUT2D eigenvalue weighted by molar-refractivity contribution is 0.0929. The largest absolute Gasteiger partial charge is 0.497 e. The second-order valence-corrected chi connectivity index (χ2v) is 6.73. The fourth-order valence-corrected chi connectivity index (χ4v) is 3.48. The van der Waals surface area contributed by atoms with Crippen LogP contribution in [-0.4, -0.2) is 31.5 Å². The van der Waals surface area contributed by atoms with E-state index in [2.05, 4.69) is 10.6 Å². The molecule has 1 fully saturated rings. The Balaban J connectivity index is 1.73. The van der Waals surface area contributed by atoms with Crippen molar-refractivity contribution >= 4 is 17.5 Å². The summed E-state index contributed by atoms with van der Waals surface area (Å²) in [4.78, 5) is 25.3. The van der Waals surface area contributed by atoms with E-state index in [9.17, 15) is 9.59 Å². The minimum Gasteiger partial charge on any atom is -0.497 e. The number of anilines is 1. The van der Waals surface area contributed by atoms with E-state index in [1.807, 2.05) is 0 Å². The van der Waals surface area contributed by atoms with Crippen molar-refractivity contribution in [1.29, 1.82) is 0 Å². The average Bonchev–Trinajstić information content (AvgIpc) is 3.15. The van der Waals surface area contributed by atoms with Gasteiger partial charge in [-0.3, -0.25) is 9.59 Å². The predicted octanol–water partition coefficient (Wildman–Crippen LogP) is 2.80. The first-order valence-electron chi connectivity index (χ1n) is 9.17. The third-order valence-electron chi connectivity index (χ3n) is 5.05. The van der Waals surface area contributed by atoms with E-state index >= 15 is 0 Å². The number of para-hydroxylation sites is 1. The lowest BCUT2D eigenvalue weighted by Gasteiger charge is -2.20. The molecule has 4 N–H and O–H groups in total. The summed E-state index contributed by atoms with van der Waals surface area (Å²) >= 11 is 0. The van der Waals surface area contributed by atoms with E-state index in [1.165, 1.54) is 0 Å². The SMILES string of the molecule is COc1ccc(C(=O)Nc2ccccc2C(=O)NC2CCCC2CN)cc1. The van der Waals surface area contributed by atoms with Crippen molar-refractivity contribution in [3.8, 4) is 5.75 Å². The minimum atomic E-state index is -0.279. The zero-order chi connectivity index (χ0) is 19.2. The van der Waals surface area contributed by atoms with E-state index < -0.39 is 0 Å². The Hall–Kier alpha value is -2.86. The van der Waals surface area contributed by atoms with Crippen LogP contribution in [0.15, 0.2) is 48.5 Å². The molecule has 2 unspecified atom stereocenters. The smallest absolute Gasteiger partial charge is 0.255 e. The van der Waals surface area contributed by atoms with Crippen LogP contribution in [0.1, 0.15) is 40.0 Å². The molecule has 0 heterocycles. The van der Waals surface area contributed by atoms with Crippen LogP contribution in [0.4, 0.5) is 5.69 Å². The number of carbonyl (C=O) groups is 2.